The third-order valence-corrected chi connectivity index (χ3v) is 5.13. The fraction of sp³-hybridized carbons (Fsp3) is 0.611. The lowest BCUT2D eigenvalue weighted by Crippen LogP contribution is -2.41. The Hall–Kier alpha value is -1.15. The van der Waals surface area contributed by atoms with Gasteiger partial charge in [-0.3, -0.25) is 4.79 Å². The molecule has 2 aliphatic carbocycles. The molecule has 1 unspecified atom stereocenters. The lowest BCUT2D eigenvalue weighted by Gasteiger charge is -2.33. The van der Waals surface area contributed by atoms with Crippen molar-refractivity contribution in [2.75, 3.05) is 0 Å². The van der Waals surface area contributed by atoms with Gasteiger partial charge in [-0.1, -0.05) is 43.5 Å². The summed E-state index contributed by atoms with van der Waals surface area (Å²) >= 11 is 0. The molecule has 1 atom stereocenters. The van der Waals surface area contributed by atoms with Gasteiger partial charge in [-0.05, 0) is 49.1 Å². The van der Waals surface area contributed by atoms with E-state index in [9.17, 15) is 9.90 Å². The Morgan fingerprint density at radius 2 is 1.90 bits per heavy atom. The Bertz CT molecular complexity index is 486. The molecule has 1 fully saturated rings. The highest BCUT2D eigenvalue weighted by molar-refractivity contribution is 5.87. The summed E-state index contributed by atoms with van der Waals surface area (Å²) in [6.45, 7) is 0. The van der Waals surface area contributed by atoms with Crippen molar-refractivity contribution in [3.05, 3.63) is 35.4 Å². The molecule has 0 amide bonds. The van der Waals surface area contributed by atoms with Crippen molar-refractivity contribution < 1.29 is 9.90 Å². The van der Waals surface area contributed by atoms with Gasteiger partial charge in [0.25, 0.3) is 0 Å². The Kier molecular flexibility index (Phi) is 3.93. The molecular formula is C18H24O2. The predicted octanol–water partition coefficient (Wildman–Crippen LogP) is 3.76. The molecule has 1 aromatic carbocycles. The number of rotatable bonds is 3. The van der Waals surface area contributed by atoms with Gasteiger partial charge in [-0.2, -0.15) is 0 Å². The van der Waals surface area contributed by atoms with E-state index in [4.69, 9.17) is 0 Å². The van der Waals surface area contributed by atoms with E-state index >= 15 is 0 Å². The summed E-state index contributed by atoms with van der Waals surface area (Å²) < 4.78 is 0. The number of fused-ring (bicyclic) bond motifs is 1. The SMILES string of the molecule is O=C(CC1CCCc2ccccc21)C1(O)CCCCC1. The van der Waals surface area contributed by atoms with Crippen LogP contribution in [0.25, 0.3) is 0 Å². The normalized spacial score (nSPS) is 24.9. The van der Waals surface area contributed by atoms with E-state index in [1.807, 2.05) is 0 Å². The highest BCUT2D eigenvalue weighted by Gasteiger charge is 2.38. The average molecular weight is 272 g/mol. The smallest absolute Gasteiger partial charge is 0.164 e. The molecule has 0 aliphatic heterocycles. The number of carbonyl (C=O) groups is 1. The molecule has 0 radical (unpaired) electrons. The second kappa shape index (κ2) is 5.69. The number of benzene rings is 1. The second-order valence-electron chi connectivity index (χ2n) is 6.51. The molecule has 3 rings (SSSR count). The van der Waals surface area contributed by atoms with E-state index in [-0.39, 0.29) is 5.78 Å². The van der Waals surface area contributed by atoms with Gasteiger partial charge in [0.15, 0.2) is 5.78 Å². The summed E-state index contributed by atoms with van der Waals surface area (Å²) in [7, 11) is 0. The molecule has 2 aliphatic rings. The Balaban J connectivity index is 1.74. The second-order valence-corrected chi connectivity index (χ2v) is 6.51. The van der Waals surface area contributed by atoms with Crippen LogP contribution in [0, 0.1) is 0 Å². The highest BCUT2D eigenvalue weighted by Crippen LogP contribution is 2.37. The zero-order valence-corrected chi connectivity index (χ0v) is 12.1. The van der Waals surface area contributed by atoms with Crippen LogP contribution in [0.3, 0.4) is 0 Å². The number of hydrogen-bond donors (Lipinski definition) is 1. The van der Waals surface area contributed by atoms with Crippen LogP contribution in [0.15, 0.2) is 24.3 Å². The molecule has 1 N–H and O–H groups in total. The summed E-state index contributed by atoms with van der Waals surface area (Å²) in [6.07, 6.45) is 8.36. The van der Waals surface area contributed by atoms with Crippen molar-refractivity contribution in [2.24, 2.45) is 0 Å². The average Bonchev–Trinajstić information content (AvgIpc) is 2.48. The van der Waals surface area contributed by atoms with Gasteiger partial charge >= 0.3 is 0 Å². The molecular weight excluding hydrogens is 248 g/mol. The maximum atomic E-state index is 12.5. The van der Waals surface area contributed by atoms with E-state index in [2.05, 4.69) is 24.3 Å². The first kappa shape index (κ1) is 13.8. The van der Waals surface area contributed by atoms with Gasteiger partial charge in [0.05, 0.1) is 0 Å². The fourth-order valence-corrected chi connectivity index (χ4v) is 3.90. The first-order chi connectivity index (χ1) is 9.69. The Morgan fingerprint density at radius 3 is 2.70 bits per heavy atom. The van der Waals surface area contributed by atoms with E-state index in [1.165, 1.54) is 11.1 Å². The van der Waals surface area contributed by atoms with E-state index in [0.717, 1.165) is 38.5 Å². The molecule has 108 valence electrons. The van der Waals surface area contributed by atoms with Gasteiger partial charge in [0, 0.05) is 6.42 Å². The third kappa shape index (κ3) is 2.67. The van der Waals surface area contributed by atoms with Crippen molar-refractivity contribution >= 4 is 5.78 Å². The van der Waals surface area contributed by atoms with Crippen LogP contribution >= 0.6 is 0 Å². The summed E-state index contributed by atoms with van der Waals surface area (Å²) in [4.78, 5) is 12.5. The zero-order valence-electron chi connectivity index (χ0n) is 12.1. The van der Waals surface area contributed by atoms with E-state index in [1.54, 1.807) is 0 Å². The molecule has 20 heavy (non-hydrogen) atoms. The first-order valence-electron chi connectivity index (χ1n) is 8.02. The molecule has 0 heterocycles. The van der Waals surface area contributed by atoms with Crippen molar-refractivity contribution in [2.45, 2.75) is 69.3 Å². The zero-order chi connectivity index (χ0) is 14.0. The molecule has 0 bridgehead atoms. The third-order valence-electron chi connectivity index (χ3n) is 5.13. The van der Waals surface area contributed by atoms with Crippen LogP contribution in [0.2, 0.25) is 0 Å². The molecule has 0 saturated heterocycles. The predicted molar refractivity (Wildman–Crippen MR) is 79.8 cm³/mol. The van der Waals surface area contributed by atoms with Crippen LogP contribution in [-0.4, -0.2) is 16.5 Å². The van der Waals surface area contributed by atoms with Crippen LogP contribution in [0.5, 0.6) is 0 Å². The topological polar surface area (TPSA) is 37.3 Å². The van der Waals surface area contributed by atoms with Crippen LogP contribution in [-0.2, 0) is 11.2 Å². The molecule has 1 saturated carbocycles. The Morgan fingerprint density at radius 1 is 1.15 bits per heavy atom. The van der Waals surface area contributed by atoms with Gasteiger partial charge in [-0.25, -0.2) is 0 Å². The number of ketones is 1. The van der Waals surface area contributed by atoms with Crippen LogP contribution in [0.4, 0.5) is 0 Å². The van der Waals surface area contributed by atoms with Crippen molar-refractivity contribution in [3.8, 4) is 0 Å². The molecule has 0 aromatic heterocycles. The standard InChI is InChI=1S/C18H24O2/c19-17(18(20)11-4-1-5-12-18)13-15-9-6-8-14-7-2-3-10-16(14)15/h2-3,7,10,15,20H,1,4-6,8-9,11-13H2. The highest BCUT2D eigenvalue weighted by atomic mass is 16.3. The quantitative estimate of drug-likeness (QED) is 0.909. The largest absolute Gasteiger partial charge is 0.382 e. The lowest BCUT2D eigenvalue weighted by atomic mass is 9.75. The minimum Gasteiger partial charge on any atom is -0.382 e. The molecule has 2 nitrogen and oxygen atoms in total. The Labute approximate surface area is 121 Å². The first-order valence-corrected chi connectivity index (χ1v) is 8.02. The van der Waals surface area contributed by atoms with Crippen LogP contribution < -0.4 is 0 Å². The summed E-state index contributed by atoms with van der Waals surface area (Å²) in [5.41, 5.74) is 1.71. The van der Waals surface area contributed by atoms with Gasteiger partial charge in [0.2, 0.25) is 0 Å². The van der Waals surface area contributed by atoms with Crippen molar-refractivity contribution in [1.29, 1.82) is 0 Å². The monoisotopic (exact) mass is 272 g/mol. The number of carbonyl (C=O) groups excluding carboxylic acids is 1. The van der Waals surface area contributed by atoms with Crippen LogP contribution in [0.1, 0.15) is 68.4 Å². The summed E-state index contributed by atoms with van der Waals surface area (Å²) in [5, 5.41) is 10.6. The van der Waals surface area contributed by atoms with Crippen molar-refractivity contribution in [3.63, 3.8) is 0 Å². The van der Waals surface area contributed by atoms with Gasteiger partial charge < -0.3 is 5.11 Å². The minimum absolute atomic E-state index is 0.0823. The summed E-state index contributed by atoms with van der Waals surface area (Å²) in [5.74, 6) is 0.400. The number of Topliss-reactive ketones (excluding diaryl/α,β-unsaturated/α-hetero) is 1. The maximum Gasteiger partial charge on any atom is 0.164 e. The maximum absolute atomic E-state index is 12.5. The summed E-state index contributed by atoms with van der Waals surface area (Å²) in [6, 6.07) is 8.49. The molecule has 1 aromatic rings. The van der Waals surface area contributed by atoms with E-state index in [0.29, 0.717) is 25.2 Å². The van der Waals surface area contributed by atoms with Gasteiger partial charge in [-0.15, -0.1) is 0 Å². The molecule has 0 spiro atoms. The number of hydrogen-bond acceptors (Lipinski definition) is 2. The van der Waals surface area contributed by atoms with E-state index < -0.39 is 5.60 Å². The molecule has 2 heteroatoms. The minimum atomic E-state index is -1.02. The number of aryl methyl sites for hydroxylation is 1. The fourth-order valence-electron chi connectivity index (χ4n) is 3.90. The number of aliphatic hydroxyl groups is 1. The lowest BCUT2D eigenvalue weighted by molar-refractivity contribution is -0.141. The van der Waals surface area contributed by atoms with Gasteiger partial charge in [0.1, 0.15) is 5.60 Å². The van der Waals surface area contributed by atoms with Crippen molar-refractivity contribution in [1.82, 2.24) is 0 Å².